The van der Waals surface area contributed by atoms with Gasteiger partial charge in [-0.15, -0.1) is 0 Å². The number of rotatable bonds is 4. The molecule has 0 aromatic carbocycles. The number of unbranched alkanes of at least 4 members (excludes halogenated alkanes) is 3. The van der Waals surface area contributed by atoms with Gasteiger partial charge < -0.3 is 5.73 Å². The summed E-state index contributed by atoms with van der Waals surface area (Å²) in [5, 5.41) is 0. The van der Waals surface area contributed by atoms with Gasteiger partial charge in [0, 0.05) is 0 Å². The van der Waals surface area contributed by atoms with Crippen molar-refractivity contribution in [3.05, 3.63) is 0 Å². The number of halogens is 1. The molecule has 0 fully saturated rings. The molecule has 0 amide bonds. The number of nitrogens with two attached hydrogens (primary N) is 1. The summed E-state index contributed by atoms with van der Waals surface area (Å²) in [6.07, 6.45) is 5.16. The zero-order chi connectivity index (χ0) is 5.54. The van der Waals surface area contributed by atoms with Gasteiger partial charge in [0.25, 0.3) is 0 Å². The minimum Gasteiger partial charge on any atom is -0.330 e. The van der Waals surface area contributed by atoms with E-state index < -0.39 is 0 Å². The molecule has 0 saturated heterocycles. The van der Waals surface area contributed by atoms with E-state index in [-0.39, 0.29) is 4.70 Å². The highest BCUT2D eigenvalue weighted by Gasteiger charge is 1.80. The lowest BCUT2D eigenvalue weighted by Crippen LogP contribution is -1.97. The largest absolute Gasteiger partial charge is 0.330 e. The highest BCUT2D eigenvalue weighted by atomic mass is 19.0. The Balaban J connectivity index is 0. The Morgan fingerprint density at radius 1 is 1.12 bits per heavy atom. The van der Waals surface area contributed by atoms with Crippen molar-refractivity contribution >= 4 is 0 Å². The Bertz CT molecular complexity index is 27.7. The van der Waals surface area contributed by atoms with Crippen molar-refractivity contribution in [1.29, 1.82) is 0 Å². The van der Waals surface area contributed by atoms with Gasteiger partial charge in [0.05, 0.1) is 0 Å². The monoisotopic (exact) mass is 121 g/mol. The van der Waals surface area contributed by atoms with Crippen molar-refractivity contribution in [2.24, 2.45) is 5.73 Å². The van der Waals surface area contributed by atoms with E-state index in [9.17, 15) is 0 Å². The molecule has 0 aliphatic rings. The van der Waals surface area contributed by atoms with Crippen LogP contribution in [0.5, 0.6) is 0 Å². The molecule has 2 heteroatoms. The van der Waals surface area contributed by atoms with E-state index in [2.05, 4.69) is 6.92 Å². The molecule has 0 aromatic rings. The van der Waals surface area contributed by atoms with Crippen LogP contribution in [0, 0.1) is 0 Å². The summed E-state index contributed by atoms with van der Waals surface area (Å²) in [6, 6.07) is 0. The van der Waals surface area contributed by atoms with Crippen LogP contribution < -0.4 is 5.73 Å². The maximum Gasteiger partial charge on any atom is -0.00773 e. The van der Waals surface area contributed by atoms with E-state index in [1.165, 1.54) is 25.7 Å². The van der Waals surface area contributed by atoms with Crippen molar-refractivity contribution in [2.45, 2.75) is 32.6 Å². The van der Waals surface area contributed by atoms with Gasteiger partial charge in [-0.25, -0.2) is 0 Å². The van der Waals surface area contributed by atoms with E-state index in [4.69, 9.17) is 5.73 Å². The smallest absolute Gasteiger partial charge is 0.00773 e. The fraction of sp³-hybridized carbons (Fsp3) is 1.00. The summed E-state index contributed by atoms with van der Waals surface area (Å²) >= 11 is 0. The van der Waals surface area contributed by atoms with Crippen LogP contribution in [0.2, 0.25) is 0 Å². The first-order valence-corrected chi connectivity index (χ1v) is 3.12. The average Bonchev–Trinajstić information content (AvgIpc) is 1.69. The quantitative estimate of drug-likeness (QED) is 0.562. The Labute approximate surface area is 50.6 Å². The molecule has 0 heterocycles. The zero-order valence-corrected chi connectivity index (χ0v) is 5.52. The van der Waals surface area contributed by atoms with E-state index in [1.807, 2.05) is 0 Å². The molecule has 2 N–H and O–H groups in total. The fourth-order valence-electron chi connectivity index (χ4n) is 0.571. The number of hydrogen-bond donors (Lipinski definition) is 1. The van der Waals surface area contributed by atoms with Crippen molar-refractivity contribution in [1.82, 2.24) is 0 Å². The Kier molecular flexibility index (Phi) is 13.5. The third kappa shape index (κ3) is 9.31. The molecule has 0 aliphatic carbocycles. The van der Waals surface area contributed by atoms with E-state index in [0.29, 0.717) is 0 Å². The van der Waals surface area contributed by atoms with E-state index >= 15 is 0 Å². The second-order valence-corrected chi connectivity index (χ2v) is 1.85. The van der Waals surface area contributed by atoms with Crippen LogP contribution in [0.1, 0.15) is 32.6 Å². The van der Waals surface area contributed by atoms with Crippen LogP contribution in [0.3, 0.4) is 0 Å². The van der Waals surface area contributed by atoms with Gasteiger partial charge in [0.2, 0.25) is 0 Å². The molecule has 0 spiro atoms. The zero-order valence-electron chi connectivity index (χ0n) is 5.52. The van der Waals surface area contributed by atoms with Crippen LogP contribution in [0.25, 0.3) is 0 Å². The number of hydrogen-bond acceptors (Lipinski definition) is 1. The molecule has 0 bridgehead atoms. The van der Waals surface area contributed by atoms with Crippen LogP contribution in [0.4, 0.5) is 4.70 Å². The van der Waals surface area contributed by atoms with Gasteiger partial charge in [-0.1, -0.05) is 26.2 Å². The third-order valence-electron chi connectivity index (χ3n) is 1.06. The molecule has 0 unspecified atom stereocenters. The SMILES string of the molecule is CCCCCCN.F. The molecular weight excluding hydrogens is 105 g/mol. The van der Waals surface area contributed by atoms with Crippen molar-refractivity contribution in [2.75, 3.05) is 6.54 Å². The predicted octanol–water partition coefficient (Wildman–Crippen LogP) is 1.68. The van der Waals surface area contributed by atoms with E-state index in [0.717, 1.165) is 6.54 Å². The standard InChI is InChI=1S/C6H15N.FH/c1-2-3-4-5-6-7;/h2-7H2,1H3;1H. The molecule has 1 nitrogen and oxygen atoms in total. The first kappa shape index (κ1) is 10.8. The van der Waals surface area contributed by atoms with Gasteiger partial charge in [-0.05, 0) is 13.0 Å². The molecule has 8 heavy (non-hydrogen) atoms. The Morgan fingerprint density at radius 3 is 2.12 bits per heavy atom. The summed E-state index contributed by atoms with van der Waals surface area (Å²) in [5.74, 6) is 0. The highest BCUT2D eigenvalue weighted by molar-refractivity contribution is 4.38. The Hall–Kier alpha value is -0.110. The summed E-state index contributed by atoms with van der Waals surface area (Å²) in [6.45, 7) is 3.07. The van der Waals surface area contributed by atoms with Crippen LogP contribution in [0.15, 0.2) is 0 Å². The van der Waals surface area contributed by atoms with Crippen molar-refractivity contribution in [3.63, 3.8) is 0 Å². The van der Waals surface area contributed by atoms with Gasteiger partial charge >= 0.3 is 0 Å². The second-order valence-electron chi connectivity index (χ2n) is 1.85. The average molecular weight is 121 g/mol. The summed E-state index contributed by atoms with van der Waals surface area (Å²) in [5.41, 5.74) is 5.27. The lowest BCUT2D eigenvalue weighted by molar-refractivity contribution is 0.674. The first-order chi connectivity index (χ1) is 3.41. The first-order valence-electron chi connectivity index (χ1n) is 3.12. The molecule has 0 atom stereocenters. The lowest BCUT2D eigenvalue weighted by atomic mass is 10.2. The molecule has 0 rings (SSSR count). The molecule has 0 aromatic heterocycles. The second kappa shape index (κ2) is 10.00. The van der Waals surface area contributed by atoms with Gasteiger partial charge in [0.1, 0.15) is 0 Å². The molecule has 0 aliphatic heterocycles. The maximum absolute atomic E-state index is 5.27. The van der Waals surface area contributed by atoms with Crippen LogP contribution in [-0.4, -0.2) is 6.54 Å². The summed E-state index contributed by atoms with van der Waals surface area (Å²) in [4.78, 5) is 0. The Morgan fingerprint density at radius 2 is 1.75 bits per heavy atom. The summed E-state index contributed by atoms with van der Waals surface area (Å²) < 4.78 is 0. The fourth-order valence-corrected chi connectivity index (χ4v) is 0.571. The van der Waals surface area contributed by atoms with Crippen LogP contribution in [-0.2, 0) is 0 Å². The minimum absolute atomic E-state index is 0. The van der Waals surface area contributed by atoms with E-state index in [1.54, 1.807) is 0 Å². The van der Waals surface area contributed by atoms with Gasteiger partial charge in [-0.2, -0.15) is 0 Å². The van der Waals surface area contributed by atoms with Crippen LogP contribution >= 0.6 is 0 Å². The predicted molar refractivity (Wildman–Crippen MR) is 35.7 cm³/mol. The molecule has 52 valence electrons. The van der Waals surface area contributed by atoms with Gasteiger partial charge in [-0.3, -0.25) is 4.70 Å². The topological polar surface area (TPSA) is 26.0 Å². The van der Waals surface area contributed by atoms with Crippen molar-refractivity contribution < 1.29 is 4.70 Å². The maximum atomic E-state index is 5.27. The minimum atomic E-state index is 0. The third-order valence-corrected chi connectivity index (χ3v) is 1.06. The van der Waals surface area contributed by atoms with Gasteiger partial charge in [0.15, 0.2) is 0 Å². The molecular formula is C6H16FN. The van der Waals surface area contributed by atoms with Crippen molar-refractivity contribution in [3.8, 4) is 0 Å². The molecule has 0 saturated carbocycles. The highest BCUT2D eigenvalue weighted by Crippen LogP contribution is 1.95. The molecule has 0 radical (unpaired) electrons. The lowest BCUT2D eigenvalue weighted by Gasteiger charge is -1.90. The summed E-state index contributed by atoms with van der Waals surface area (Å²) in [7, 11) is 0. The normalized spacial score (nSPS) is 8.25.